The maximum Gasteiger partial charge on any atom is 0.254 e. The number of hydrogen-bond acceptors (Lipinski definition) is 2. The molecule has 0 amide bonds. The van der Waals surface area contributed by atoms with Gasteiger partial charge in [-0.25, -0.2) is 0 Å². The molecule has 0 N–H and O–H groups in total. The van der Waals surface area contributed by atoms with Crippen LogP contribution >= 0.6 is 0 Å². The summed E-state index contributed by atoms with van der Waals surface area (Å²) in [4.78, 5) is 0. The van der Waals surface area contributed by atoms with Crippen molar-refractivity contribution < 1.29 is 9.47 Å². The summed E-state index contributed by atoms with van der Waals surface area (Å²) in [6.45, 7) is 2.23. The lowest BCUT2D eigenvalue weighted by Crippen LogP contribution is -2.53. The number of para-hydroxylation sites is 2. The normalized spacial score (nSPS) is 27.1. The molecule has 4 rings (SSSR count). The van der Waals surface area contributed by atoms with Gasteiger partial charge in [-0.15, -0.1) is 0 Å². The van der Waals surface area contributed by atoms with E-state index in [2.05, 4.69) is 31.2 Å². The van der Waals surface area contributed by atoms with Crippen LogP contribution < -0.4 is 9.47 Å². The van der Waals surface area contributed by atoms with E-state index in [1.807, 2.05) is 24.3 Å². The third-order valence-electron chi connectivity index (χ3n) is 4.53. The van der Waals surface area contributed by atoms with Crippen molar-refractivity contribution >= 4 is 0 Å². The fraction of sp³-hybridized carbons (Fsp3) is 0.333. The Bertz CT molecular complexity index is 645. The van der Waals surface area contributed by atoms with Crippen LogP contribution in [0, 0.1) is 5.92 Å². The highest BCUT2D eigenvalue weighted by molar-refractivity contribution is 5.39. The van der Waals surface area contributed by atoms with Gasteiger partial charge in [-0.3, -0.25) is 0 Å². The summed E-state index contributed by atoms with van der Waals surface area (Å²) in [5.74, 6) is 1.81. The molecule has 0 saturated heterocycles. The van der Waals surface area contributed by atoms with Gasteiger partial charge in [-0.2, -0.15) is 0 Å². The topological polar surface area (TPSA) is 18.5 Å². The van der Waals surface area contributed by atoms with Crippen molar-refractivity contribution in [1.82, 2.24) is 0 Å². The third-order valence-corrected chi connectivity index (χ3v) is 4.53. The first-order chi connectivity index (χ1) is 9.77. The van der Waals surface area contributed by atoms with E-state index in [1.54, 1.807) is 0 Å². The zero-order valence-corrected chi connectivity index (χ0v) is 11.6. The number of fused-ring (bicyclic) bond motifs is 2. The van der Waals surface area contributed by atoms with Crippen molar-refractivity contribution in [2.24, 2.45) is 5.92 Å². The average Bonchev–Trinajstić information content (AvgIpc) is 2.48. The largest absolute Gasteiger partial charge is 0.452 e. The Kier molecular flexibility index (Phi) is 2.53. The lowest BCUT2D eigenvalue weighted by molar-refractivity contribution is -0.172. The number of ether oxygens (including phenoxy) is 2. The van der Waals surface area contributed by atoms with E-state index in [4.69, 9.17) is 9.47 Å². The van der Waals surface area contributed by atoms with Crippen LogP contribution in [0.3, 0.4) is 0 Å². The van der Waals surface area contributed by atoms with Gasteiger partial charge in [0.1, 0.15) is 11.5 Å². The molecule has 2 unspecified atom stereocenters. The molecule has 0 fully saturated rings. The average molecular weight is 266 g/mol. The van der Waals surface area contributed by atoms with Gasteiger partial charge in [0.05, 0.1) is 0 Å². The molecule has 0 bridgehead atoms. The molecular formula is C18H18O2. The molecule has 2 aliphatic heterocycles. The minimum atomic E-state index is -0.497. The molecule has 2 aromatic rings. The molecular weight excluding hydrogens is 248 g/mol. The van der Waals surface area contributed by atoms with Gasteiger partial charge in [0, 0.05) is 12.3 Å². The standard InChI is InChI=1S/C18H18O2/c1-13-12-15-7-3-5-9-17(15)20-18(13)11-10-14-6-2-4-8-16(14)19-18/h2-9,13H,10-12H2,1H3. The first-order valence-corrected chi connectivity index (χ1v) is 7.31. The smallest absolute Gasteiger partial charge is 0.254 e. The minimum absolute atomic E-state index is 0.353. The zero-order chi connectivity index (χ0) is 13.6. The van der Waals surface area contributed by atoms with Crippen LogP contribution in [-0.4, -0.2) is 5.79 Å². The monoisotopic (exact) mass is 266 g/mol. The molecule has 0 radical (unpaired) electrons. The lowest BCUT2D eigenvalue weighted by atomic mass is 9.84. The Balaban J connectivity index is 1.73. The van der Waals surface area contributed by atoms with Crippen LogP contribution in [0.2, 0.25) is 0 Å². The van der Waals surface area contributed by atoms with Gasteiger partial charge < -0.3 is 9.47 Å². The Morgan fingerprint density at radius 2 is 1.50 bits per heavy atom. The number of hydrogen-bond donors (Lipinski definition) is 0. The van der Waals surface area contributed by atoms with Gasteiger partial charge in [0.25, 0.3) is 5.79 Å². The molecule has 2 aliphatic rings. The second kappa shape index (κ2) is 4.27. The highest BCUT2D eigenvalue weighted by atomic mass is 16.7. The van der Waals surface area contributed by atoms with Crippen molar-refractivity contribution in [3.8, 4) is 11.5 Å². The summed E-state index contributed by atoms with van der Waals surface area (Å²) < 4.78 is 12.6. The molecule has 2 heteroatoms. The van der Waals surface area contributed by atoms with Gasteiger partial charge in [-0.05, 0) is 36.1 Å². The maximum atomic E-state index is 6.31. The molecule has 20 heavy (non-hydrogen) atoms. The lowest BCUT2D eigenvalue weighted by Gasteiger charge is -2.45. The fourth-order valence-electron chi connectivity index (χ4n) is 3.32. The van der Waals surface area contributed by atoms with Crippen LogP contribution in [0.5, 0.6) is 11.5 Å². The first-order valence-electron chi connectivity index (χ1n) is 7.31. The zero-order valence-electron chi connectivity index (χ0n) is 11.6. The number of benzene rings is 2. The maximum absolute atomic E-state index is 6.31. The van der Waals surface area contributed by atoms with Crippen molar-refractivity contribution in [1.29, 1.82) is 0 Å². The molecule has 2 heterocycles. The molecule has 102 valence electrons. The highest BCUT2D eigenvalue weighted by Gasteiger charge is 2.46. The quantitative estimate of drug-likeness (QED) is 0.718. The summed E-state index contributed by atoms with van der Waals surface area (Å²) >= 11 is 0. The van der Waals surface area contributed by atoms with E-state index < -0.39 is 5.79 Å². The molecule has 0 saturated carbocycles. The minimum Gasteiger partial charge on any atom is -0.452 e. The van der Waals surface area contributed by atoms with Crippen molar-refractivity contribution in [3.05, 3.63) is 59.7 Å². The molecule has 1 spiro atoms. The summed E-state index contributed by atoms with van der Waals surface area (Å²) in [5, 5.41) is 0. The molecule has 2 atom stereocenters. The SMILES string of the molecule is CC1Cc2ccccc2OC12CCc1ccccc1O2. The fourth-order valence-corrected chi connectivity index (χ4v) is 3.32. The second-order valence-electron chi connectivity index (χ2n) is 5.84. The van der Waals surface area contributed by atoms with Gasteiger partial charge in [0.15, 0.2) is 0 Å². The van der Waals surface area contributed by atoms with E-state index in [0.717, 1.165) is 30.8 Å². The number of rotatable bonds is 0. The van der Waals surface area contributed by atoms with Crippen molar-refractivity contribution in [3.63, 3.8) is 0 Å². The van der Waals surface area contributed by atoms with Gasteiger partial charge >= 0.3 is 0 Å². The number of aryl methyl sites for hydroxylation is 1. The third kappa shape index (κ3) is 1.71. The van der Waals surface area contributed by atoms with Crippen molar-refractivity contribution in [2.75, 3.05) is 0 Å². The molecule has 2 nitrogen and oxygen atoms in total. The van der Waals surface area contributed by atoms with Crippen LogP contribution in [-0.2, 0) is 12.8 Å². The first kappa shape index (κ1) is 11.8. The van der Waals surface area contributed by atoms with Crippen LogP contribution in [0.15, 0.2) is 48.5 Å². The van der Waals surface area contributed by atoms with E-state index in [-0.39, 0.29) is 0 Å². The Labute approximate surface area is 119 Å². The van der Waals surface area contributed by atoms with E-state index in [0.29, 0.717) is 5.92 Å². The van der Waals surface area contributed by atoms with Gasteiger partial charge in [0.2, 0.25) is 0 Å². The highest BCUT2D eigenvalue weighted by Crippen LogP contribution is 2.44. The van der Waals surface area contributed by atoms with Crippen molar-refractivity contribution in [2.45, 2.75) is 32.0 Å². The summed E-state index contributed by atoms with van der Waals surface area (Å²) in [7, 11) is 0. The predicted octanol–water partition coefficient (Wildman–Crippen LogP) is 3.98. The summed E-state index contributed by atoms with van der Waals surface area (Å²) in [6, 6.07) is 16.6. The van der Waals surface area contributed by atoms with Crippen LogP contribution in [0.1, 0.15) is 24.5 Å². The Morgan fingerprint density at radius 1 is 0.900 bits per heavy atom. The summed E-state index contributed by atoms with van der Waals surface area (Å²) in [5.41, 5.74) is 2.57. The van der Waals surface area contributed by atoms with E-state index in [9.17, 15) is 0 Å². The van der Waals surface area contributed by atoms with E-state index >= 15 is 0 Å². The molecule has 2 aromatic carbocycles. The van der Waals surface area contributed by atoms with E-state index in [1.165, 1.54) is 11.1 Å². The summed E-state index contributed by atoms with van der Waals surface area (Å²) in [6.07, 6.45) is 2.94. The van der Waals surface area contributed by atoms with Crippen LogP contribution in [0.25, 0.3) is 0 Å². The molecule has 0 aromatic heterocycles. The Hall–Kier alpha value is -1.96. The Morgan fingerprint density at radius 3 is 2.25 bits per heavy atom. The second-order valence-corrected chi connectivity index (χ2v) is 5.84. The predicted molar refractivity (Wildman–Crippen MR) is 78.1 cm³/mol. The van der Waals surface area contributed by atoms with Gasteiger partial charge in [-0.1, -0.05) is 43.3 Å². The molecule has 0 aliphatic carbocycles. The van der Waals surface area contributed by atoms with Crippen LogP contribution in [0.4, 0.5) is 0 Å².